The number of carbonyl (C=O) groups excluding carboxylic acids is 2. The lowest BCUT2D eigenvalue weighted by Crippen LogP contribution is -2.62. The summed E-state index contributed by atoms with van der Waals surface area (Å²) in [6, 6.07) is 5.85. The summed E-state index contributed by atoms with van der Waals surface area (Å²) in [4.78, 5) is 52.7. The average molecular weight is 619 g/mol. The minimum absolute atomic E-state index is 0.0149. The molecule has 2 unspecified atom stereocenters. The van der Waals surface area contributed by atoms with Gasteiger partial charge in [-0.25, -0.2) is 13.6 Å². The van der Waals surface area contributed by atoms with E-state index in [0.717, 1.165) is 4.57 Å². The fourth-order valence-electron chi connectivity index (χ4n) is 6.18. The van der Waals surface area contributed by atoms with Crippen LogP contribution in [0.25, 0.3) is 27.7 Å². The van der Waals surface area contributed by atoms with Gasteiger partial charge in [0.15, 0.2) is 5.82 Å². The Morgan fingerprint density at radius 1 is 1.18 bits per heavy atom. The summed E-state index contributed by atoms with van der Waals surface area (Å²) < 4.78 is 33.6. The molecule has 9 nitrogen and oxygen atoms in total. The number of nitrogens with zero attached hydrogens (tertiary/aromatic N) is 5. The zero-order valence-corrected chi connectivity index (χ0v) is 25.2. The highest BCUT2D eigenvalue weighted by atomic mass is 35.5. The van der Waals surface area contributed by atoms with Crippen molar-refractivity contribution in [3.63, 3.8) is 0 Å². The van der Waals surface area contributed by atoms with Crippen molar-refractivity contribution >= 4 is 45.8 Å². The molecule has 1 fully saturated rings. The predicted octanol–water partition coefficient (Wildman–Crippen LogP) is 5.35. The first-order chi connectivity index (χ1) is 21.0. The van der Waals surface area contributed by atoms with Gasteiger partial charge in [-0.3, -0.25) is 19.1 Å². The van der Waals surface area contributed by atoms with Crippen LogP contribution in [-0.4, -0.2) is 56.4 Å². The Balaban J connectivity index is 1.78. The topological polar surface area (TPSA) is 100 Å². The van der Waals surface area contributed by atoms with E-state index in [1.54, 1.807) is 31.0 Å². The number of benzene rings is 2. The Kier molecular flexibility index (Phi) is 7.23. The quantitative estimate of drug-likeness (QED) is 0.309. The van der Waals surface area contributed by atoms with E-state index < -0.39 is 35.3 Å². The molecule has 0 bridgehead atoms. The zero-order chi connectivity index (χ0) is 31.6. The van der Waals surface area contributed by atoms with Gasteiger partial charge >= 0.3 is 5.69 Å². The Morgan fingerprint density at radius 2 is 1.91 bits per heavy atom. The Morgan fingerprint density at radius 3 is 2.59 bits per heavy atom. The molecule has 2 aromatic carbocycles. The monoisotopic (exact) mass is 618 g/mol. The Labute approximate surface area is 256 Å². The molecule has 44 heavy (non-hydrogen) atoms. The van der Waals surface area contributed by atoms with Crippen LogP contribution in [0.5, 0.6) is 0 Å². The number of aromatic nitrogens is 3. The van der Waals surface area contributed by atoms with Crippen LogP contribution in [-0.2, 0) is 9.59 Å². The summed E-state index contributed by atoms with van der Waals surface area (Å²) in [7, 11) is 0. The van der Waals surface area contributed by atoms with E-state index in [4.69, 9.17) is 11.6 Å². The number of pyridine rings is 1. The molecule has 2 atom stereocenters. The van der Waals surface area contributed by atoms with E-state index >= 15 is 8.78 Å². The molecule has 226 valence electrons. The van der Waals surface area contributed by atoms with Crippen molar-refractivity contribution in [2.24, 2.45) is 0 Å². The average Bonchev–Trinajstić information content (AvgIpc) is 3.10. The van der Waals surface area contributed by atoms with Crippen LogP contribution in [0.15, 0.2) is 54.0 Å². The van der Waals surface area contributed by atoms with E-state index in [9.17, 15) is 14.4 Å². The summed E-state index contributed by atoms with van der Waals surface area (Å²) >= 11 is 6.88. The number of carbonyl (C=O) groups is 2. The molecule has 6 rings (SSSR count). The molecular formula is C32H29ClF2N6O3. The first-order valence-electron chi connectivity index (χ1n) is 14.1. The van der Waals surface area contributed by atoms with E-state index in [0.29, 0.717) is 16.9 Å². The third kappa shape index (κ3) is 4.37. The fourth-order valence-corrected chi connectivity index (χ4v) is 6.51. The third-order valence-corrected chi connectivity index (χ3v) is 8.66. The van der Waals surface area contributed by atoms with Gasteiger partial charge in [-0.15, -0.1) is 0 Å². The van der Waals surface area contributed by atoms with Gasteiger partial charge in [0.25, 0.3) is 0 Å². The van der Waals surface area contributed by atoms with E-state index in [1.807, 2.05) is 13.8 Å². The second-order valence-corrected chi connectivity index (χ2v) is 11.7. The summed E-state index contributed by atoms with van der Waals surface area (Å²) in [5.74, 6) is -2.74. The number of anilines is 2. The highest BCUT2D eigenvalue weighted by Gasteiger charge is 2.43. The maximum absolute atomic E-state index is 17.2. The molecule has 0 spiro atoms. The van der Waals surface area contributed by atoms with E-state index in [2.05, 4.69) is 21.9 Å². The Bertz CT molecular complexity index is 1960. The van der Waals surface area contributed by atoms with Crippen molar-refractivity contribution in [1.82, 2.24) is 19.4 Å². The molecule has 12 heteroatoms. The van der Waals surface area contributed by atoms with Crippen molar-refractivity contribution in [3.8, 4) is 16.8 Å². The molecule has 2 aromatic heterocycles. The number of fused-ring (bicyclic) bond motifs is 2. The van der Waals surface area contributed by atoms with E-state index in [-0.39, 0.29) is 63.5 Å². The molecule has 1 saturated heterocycles. The standard InChI is InChI=1S/C32H29ClF2N6O3/c1-6-21(42)39-14-20-31(43)37-27-23-29(25(35)22(24(27)33)18-9-7-8-10-19(18)34)41(28-16(4)11-12-36-26(28)15(2)3)32(44)38-30(23)40(20)13-17(39)5/h6-12,15,17,20H,1,13-14H2,2-5H3,(H,37,43). The van der Waals surface area contributed by atoms with Gasteiger partial charge in [0, 0.05) is 29.9 Å². The molecule has 4 heterocycles. The summed E-state index contributed by atoms with van der Waals surface area (Å²) in [5, 5.41) is 2.65. The number of rotatable bonds is 4. The number of hydrogen-bond donors (Lipinski definition) is 1. The predicted molar refractivity (Wildman–Crippen MR) is 165 cm³/mol. The van der Waals surface area contributed by atoms with Gasteiger partial charge in [-0.1, -0.05) is 50.2 Å². The first-order valence-corrected chi connectivity index (χ1v) is 14.5. The zero-order valence-electron chi connectivity index (χ0n) is 24.5. The first kappa shape index (κ1) is 29.4. The highest BCUT2D eigenvalue weighted by Crippen LogP contribution is 2.48. The van der Waals surface area contributed by atoms with Crippen molar-refractivity contribution in [2.75, 3.05) is 23.3 Å². The largest absolute Gasteiger partial charge is 0.354 e. The lowest BCUT2D eigenvalue weighted by atomic mass is 9.99. The molecule has 0 aliphatic carbocycles. The third-order valence-electron chi connectivity index (χ3n) is 8.28. The van der Waals surface area contributed by atoms with Crippen LogP contribution in [0.4, 0.5) is 20.3 Å². The SMILES string of the molecule is C=CC(=O)N1CC2C(=O)Nc3c(Cl)c(-c4ccccc4F)c(F)c4c3c(nc(=O)n4-c3c(C)ccnc3C(C)C)N2CC1C. The molecule has 2 amide bonds. The molecule has 1 N–H and O–H groups in total. The van der Waals surface area contributed by atoms with Crippen LogP contribution in [0, 0.1) is 18.6 Å². The number of aryl methyl sites for hydroxylation is 1. The molecule has 0 radical (unpaired) electrons. The molecule has 2 aliphatic rings. The van der Waals surface area contributed by atoms with Crippen molar-refractivity contribution in [1.29, 1.82) is 0 Å². The van der Waals surface area contributed by atoms with Gasteiger partial charge in [-0.2, -0.15) is 4.98 Å². The molecular weight excluding hydrogens is 590 g/mol. The van der Waals surface area contributed by atoms with Crippen molar-refractivity contribution in [2.45, 2.75) is 45.7 Å². The van der Waals surface area contributed by atoms with Crippen LogP contribution in [0.1, 0.15) is 37.9 Å². The van der Waals surface area contributed by atoms with Crippen LogP contribution < -0.4 is 15.9 Å². The smallest absolute Gasteiger partial charge is 0.340 e. The molecule has 4 aromatic rings. The Hall–Kier alpha value is -4.64. The van der Waals surface area contributed by atoms with Crippen LogP contribution in [0.2, 0.25) is 5.02 Å². The van der Waals surface area contributed by atoms with Crippen molar-refractivity contribution < 1.29 is 18.4 Å². The lowest BCUT2D eigenvalue weighted by molar-refractivity contribution is -0.130. The minimum atomic E-state index is -0.990. The normalized spacial score (nSPS) is 17.9. The number of halogens is 3. The molecule has 2 aliphatic heterocycles. The number of amides is 2. The molecule has 0 saturated carbocycles. The maximum atomic E-state index is 17.2. The second kappa shape index (κ2) is 10.8. The summed E-state index contributed by atoms with van der Waals surface area (Å²) in [6.07, 6.45) is 2.78. The summed E-state index contributed by atoms with van der Waals surface area (Å²) in [5.41, 5.74) is -0.0391. The van der Waals surface area contributed by atoms with Crippen LogP contribution >= 0.6 is 11.6 Å². The lowest BCUT2D eigenvalue weighted by Gasteiger charge is -2.44. The minimum Gasteiger partial charge on any atom is -0.340 e. The van der Waals surface area contributed by atoms with E-state index in [1.165, 1.54) is 35.2 Å². The number of hydrogen-bond acceptors (Lipinski definition) is 6. The highest BCUT2D eigenvalue weighted by molar-refractivity contribution is 6.39. The fraction of sp³-hybridized carbons (Fsp3) is 0.281. The van der Waals surface area contributed by atoms with Gasteiger partial charge in [0.05, 0.1) is 34.0 Å². The van der Waals surface area contributed by atoms with Gasteiger partial charge < -0.3 is 15.1 Å². The van der Waals surface area contributed by atoms with Gasteiger partial charge in [-0.05, 0) is 43.5 Å². The van der Waals surface area contributed by atoms with Crippen LogP contribution in [0.3, 0.4) is 0 Å². The number of nitrogens with one attached hydrogen (secondary N) is 1. The second-order valence-electron chi connectivity index (χ2n) is 11.4. The maximum Gasteiger partial charge on any atom is 0.354 e. The van der Waals surface area contributed by atoms with Gasteiger partial charge in [0.1, 0.15) is 23.2 Å². The number of piperazine rings is 1. The summed E-state index contributed by atoms with van der Waals surface area (Å²) in [6.45, 7) is 11.0. The van der Waals surface area contributed by atoms with Crippen molar-refractivity contribution in [3.05, 3.63) is 87.6 Å². The van der Waals surface area contributed by atoms with Gasteiger partial charge in [0.2, 0.25) is 11.8 Å².